The van der Waals surface area contributed by atoms with Crippen LogP contribution < -0.4 is 15.2 Å². The van der Waals surface area contributed by atoms with E-state index in [1.54, 1.807) is 0 Å². The summed E-state index contributed by atoms with van der Waals surface area (Å²) in [5.41, 5.74) is 7.53. The Labute approximate surface area is 138 Å². The van der Waals surface area contributed by atoms with Crippen molar-refractivity contribution in [3.8, 4) is 11.5 Å². The second-order valence-electron chi connectivity index (χ2n) is 4.47. The summed E-state index contributed by atoms with van der Waals surface area (Å²) in [5.74, 6) is 1.50. The Hall–Kier alpha value is -1.59. The van der Waals surface area contributed by atoms with E-state index in [0.29, 0.717) is 24.0 Å². The van der Waals surface area contributed by atoms with E-state index in [4.69, 9.17) is 27.4 Å². The van der Waals surface area contributed by atoms with Crippen molar-refractivity contribution in [2.24, 2.45) is 5.73 Å². The van der Waals surface area contributed by atoms with Crippen LogP contribution in [-0.2, 0) is 0 Å². The molecule has 3 nitrogen and oxygen atoms in total. The minimum absolute atomic E-state index is 0.329. The van der Waals surface area contributed by atoms with Crippen LogP contribution in [0.1, 0.15) is 11.1 Å². The minimum Gasteiger partial charge on any atom is -0.490 e. The SMILES string of the molecule is Cc1cc(OCCOc2ccccc2C(N)=S)ccc1Br. The average molecular weight is 366 g/mol. The van der Waals surface area contributed by atoms with Crippen LogP contribution in [0.25, 0.3) is 0 Å². The van der Waals surface area contributed by atoms with E-state index in [0.717, 1.165) is 21.3 Å². The zero-order valence-electron chi connectivity index (χ0n) is 11.6. The zero-order chi connectivity index (χ0) is 15.2. The maximum atomic E-state index is 5.67. The summed E-state index contributed by atoms with van der Waals surface area (Å²) in [6.07, 6.45) is 0. The first-order valence-corrected chi connectivity index (χ1v) is 7.68. The summed E-state index contributed by atoms with van der Waals surface area (Å²) >= 11 is 8.45. The van der Waals surface area contributed by atoms with Crippen LogP contribution in [0.5, 0.6) is 11.5 Å². The van der Waals surface area contributed by atoms with Gasteiger partial charge in [-0.15, -0.1) is 0 Å². The minimum atomic E-state index is 0.329. The molecule has 2 aromatic carbocycles. The van der Waals surface area contributed by atoms with Gasteiger partial charge in [0.15, 0.2) is 0 Å². The van der Waals surface area contributed by atoms with Gasteiger partial charge in [-0.25, -0.2) is 0 Å². The van der Waals surface area contributed by atoms with Gasteiger partial charge >= 0.3 is 0 Å². The molecular weight excluding hydrogens is 350 g/mol. The summed E-state index contributed by atoms with van der Waals surface area (Å²) in [4.78, 5) is 0.329. The largest absolute Gasteiger partial charge is 0.490 e. The number of hydrogen-bond acceptors (Lipinski definition) is 3. The summed E-state index contributed by atoms with van der Waals surface area (Å²) in [7, 11) is 0. The normalized spacial score (nSPS) is 10.2. The van der Waals surface area contributed by atoms with Crippen molar-refractivity contribution in [1.82, 2.24) is 0 Å². The molecule has 0 heterocycles. The molecule has 21 heavy (non-hydrogen) atoms. The van der Waals surface area contributed by atoms with E-state index in [1.165, 1.54) is 0 Å². The molecule has 0 amide bonds. The molecular formula is C16H16BrNO2S. The highest BCUT2D eigenvalue weighted by atomic mass is 79.9. The highest BCUT2D eigenvalue weighted by Gasteiger charge is 2.05. The molecule has 0 aliphatic rings. The number of rotatable bonds is 6. The van der Waals surface area contributed by atoms with Gasteiger partial charge in [0.1, 0.15) is 29.7 Å². The number of halogens is 1. The first-order valence-electron chi connectivity index (χ1n) is 6.48. The zero-order valence-corrected chi connectivity index (χ0v) is 14.0. The van der Waals surface area contributed by atoms with Crippen molar-refractivity contribution in [2.45, 2.75) is 6.92 Å². The van der Waals surface area contributed by atoms with Crippen LogP contribution >= 0.6 is 28.1 Å². The summed E-state index contributed by atoms with van der Waals surface area (Å²) < 4.78 is 12.4. The second kappa shape index (κ2) is 7.43. The summed E-state index contributed by atoms with van der Waals surface area (Å²) in [6, 6.07) is 13.3. The maximum Gasteiger partial charge on any atom is 0.129 e. The van der Waals surface area contributed by atoms with Crippen molar-refractivity contribution in [1.29, 1.82) is 0 Å². The molecule has 0 aliphatic carbocycles. The van der Waals surface area contributed by atoms with Gasteiger partial charge in [-0.1, -0.05) is 40.3 Å². The number of benzene rings is 2. The maximum absolute atomic E-state index is 5.67. The third-order valence-corrected chi connectivity index (χ3v) is 4.00. The Bertz CT molecular complexity index is 646. The third kappa shape index (κ3) is 4.44. The summed E-state index contributed by atoms with van der Waals surface area (Å²) in [6.45, 7) is 2.90. The van der Waals surface area contributed by atoms with E-state index in [9.17, 15) is 0 Å². The van der Waals surface area contributed by atoms with Gasteiger partial charge in [0, 0.05) is 4.47 Å². The number of aryl methyl sites for hydroxylation is 1. The molecule has 0 spiro atoms. The monoisotopic (exact) mass is 365 g/mol. The molecule has 0 radical (unpaired) electrons. The van der Waals surface area contributed by atoms with Crippen molar-refractivity contribution in [3.63, 3.8) is 0 Å². The van der Waals surface area contributed by atoms with Gasteiger partial charge in [-0.2, -0.15) is 0 Å². The number of para-hydroxylation sites is 1. The Balaban J connectivity index is 1.87. The van der Waals surface area contributed by atoms with Crippen molar-refractivity contribution >= 4 is 33.1 Å². The van der Waals surface area contributed by atoms with Crippen LogP contribution in [0, 0.1) is 6.92 Å². The lowest BCUT2D eigenvalue weighted by Crippen LogP contribution is -2.14. The first kappa shape index (κ1) is 15.8. The van der Waals surface area contributed by atoms with Gasteiger partial charge in [0.05, 0.1) is 5.56 Å². The van der Waals surface area contributed by atoms with Crippen molar-refractivity contribution < 1.29 is 9.47 Å². The second-order valence-corrected chi connectivity index (χ2v) is 5.76. The molecule has 0 aliphatic heterocycles. The predicted octanol–water partition coefficient (Wildman–Crippen LogP) is 3.85. The molecule has 0 saturated heterocycles. The molecule has 5 heteroatoms. The van der Waals surface area contributed by atoms with Gasteiger partial charge in [0.2, 0.25) is 0 Å². The van der Waals surface area contributed by atoms with Crippen LogP contribution in [0.3, 0.4) is 0 Å². The predicted molar refractivity (Wildman–Crippen MR) is 92.2 cm³/mol. The van der Waals surface area contributed by atoms with Gasteiger partial charge in [-0.05, 0) is 42.8 Å². The molecule has 0 aromatic heterocycles. The van der Waals surface area contributed by atoms with E-state index < -0.39 is 0 Å². The van der Waals surface area contributed by atoms with E-state index in [1.807, 2.05) is 49.4 Å². The van der Waals surface area contributed by atoms with E-state index >= 15 is 0 Å². The van der Waals surface area contributed by atoms with Crippen LogP contribution in [0.15, 0.2) is 46.9 Å². The highest BCUT2D eigenvalue weighted by molar-refractivity contribution is 9.10. The number of thiocarbonyl (C=S) groups is 1. The molecule has 2 rings (SSSR count). The standard InChI is InChI=1S/C16H16BrNO2S/c1-11-10-12(6-7-14(11)17)19-8-9-20-15-5-3-2-4-13(15)16(18)21/h2-7,10H,8-9H2,1H3,(H2,18,21). The fourth-order valence-corrected chi connectivity index (χ4v) is 2.23. The fourth-order valence-electron chi connectivity index (χ4n) is 1.81. The molecule has 0 unspecified atom stereocenters. The Morgan fingerprint density at radius 3 is 2.57 bits per heavy atom. The number of nitrogens with two attached hydrogens (primary N) is 1. The van der Waals surface area contributed by atoms with Gasteiger partial charge < -0.3 is 15.2 Å². The lowest BCUT2D eigenvalue weighted by molar-refractivity contribution is 0.217. The van der Waals surface area contributed by atoms with Gasteiger partial charge in [0.25, 0.3) is 0 Å². The molecule has 0 atom stereocenters. The van der Waals surface area contributed by atoms with Gasteiger partial charge in [-0.3, -0.25) is 0 Å². The molecule has 110 valence electrons. The molecule has 0 fully saturated rings. The Morgan fingerprint density at radius 2 is 1.86 bits per heavy atom. The van der Waals surface area contributed by atoms with Crippen molar-refractivity contribution in [2.75, 3.05) is 13.2 Å². The smallest absolute Gasteiger partial charge is 0.129 e. The first-order chi connectivity index (χ1) is 10.1. The quantitative estimate of drug-likeness (QED) is 0.623. The Kier molecular flexibility index (Phi) is 5.59. The molecule has 0 bridgehead atoms. The Morgan fingerprint density at radius 1 is 1.14 bits per heavy atom. The highest BCUT2D eigenvalue weighted by Crippen LogP contribution is 2.22. The van der Waals surface area contributed by atoms with Crippen LogP contribution in [0.2, 0.25) is 0 Å². The lowest BCUT2D eigenvalue weighted by Gasteiger charge is -2.11. The third-order valence-electron chi connectivity index (χ3n) is 2.89. The molecule has 2 aromatic rings. The average Bonchev–Trinajstić information content (AvgIpc) is 2.47. The number of ether oxygens (including phenoxy) is 2. The summed E-state index contributed by atoms with van der Waals surface area (Å²) in [5, 5.41) is 0. The topological polar surface area (TPSA) is 44.5 Å². The fraction of sp³-hybridized carbons (Fsp3) is 0.188. The van der Waals surface area contributed by atoms with E-state index in [-0.39, 0.29) is 0 Å². The molecule has 0 saturated carbocycles. The number of hydrogen-bond donors (Lipinski definition) is 1. The van der Waals surface area contributed by atoms with Crippen LogP contribution in [0.4, 0.5) is 0 Å². The van der Waals surface area contributed by atoms with E-state index in [2.05, 4.69) is 15.9 Å². The van der Waals surface area contributed by atoms with Crippen molar-refractivity contribution in [3.05, 3.63) is 58.1 Å². The molecule has 2 N–H and O–H groups in total. The van der Waals surface area contributed by atoms with Crippen LogP contribution in [-0.4, -0.2) is 18.2 Å². The lowest BCUT2D eigenvalue weighted by atomic mass is 10.2.